The van der Waals surface area contributed by atoms with Crippen LogP contribution in [0.5, 0.6) is 17.2 Å². The molecule has 1 saturated heterocycles. The summed E-state index contributed by atoms with van der Waals surface area (Å²) in [5.74, 6) is 3.12. The third kappa shape index (κ3) is 7.03. The van der Waals surface area contributed by atoms with E-state index in [0.29, 0.717) is 41.9 Å². The number of aliphatic carboxylic acids is 1. The summed E-state index contributed by atoms with van der Waals surface area (Å²) < 4.78 is 17.7. The Morgan fingerprint density at radius 1 is 1.07 bits per heavy atom. The van der Waals surface area contributed by atoms with Gasteiger partial charge in [-0.15, -0.1) is 0 Å². The normalized spacial score (nSPS) is 15.1. The minimum Gasteiger partial charge on any atom is -0.490 e. The maximum absolute atomic E-state index is 11.5. The van der Waals surface area contributed by atoms with Gasteiger partial charge in [-0.2, -0.15) is 0 Å². The molecule has 2 N–H and O–H groups in total. The fourth-order valence-corrected chi connectivity index (χ4v) is 4.55. The molecule has 1 fully saturated rings. The number of nitrogens with zero attached hydrogens (tertiary/aromatic N) is 5. The number of carboxylic acids is 1. The number of anilines is 3. The Balaban J connectivity index is 1.27. The maximum atomic E-state index is 11.5. The van der Waals surface area contributed by atoms with Crippen LogP contribution in [-0.4, -0.2) is 62.4 Å². The molecule has 3 heterocycles. The Kier molecular flexibility index (Phi) is 8.66. The molecule has 0 spiro atoms. The van der Waals surface area contributed by atoms with Gasteiger partial charge in [-0.25, -0.2) is 19.7 Å². The average Bonchev–Trinajstić information content (AvgIpc) is 2.99. The zero-order chi connectivity index (χ0) is 29.5. The second-order valence-electron chi connectivity index (χ2n) is 10.3. The third-order valence-electron chi connectivity index (χ3n) is 6.66. The molecule has 1 aliphatic heterocycles. The molecule has 5 rings (SSSR count). The maximum Gasteiger partial charge on any atom is 0.347 e. The summed E-state index contributed by atoms with van der Waals surface area (Å²) in [6.07, 6.45) is 6.92. The van der Waals surface area contributed by atoms with E-state index in [2.05, 4.69) is 25.2 Å². The van der Waals surface area contributed by atoms with Crippen molar-refractivity contribution in [2.75, 3.05) is 29.9 Å². The summed E-state index contributed by atoms with van der Waals surface area (Å²) in [6, 6.07) is 16.5. The fourth-order valence-electron chi connectivity index (χ4n) is 4.55. The van der Waals surface area contributed by atoms with Crippen molar-refractivity contribution in [1.82, 2.24) is 19.9 Å². The van der Waals surface area contributed by atoms with Crippen molar-refractivity contribution in [3.05, 3.63) is 73.2 Å². The molecule has 42 heavy (non-hydrogen) atoms. The van der Waals surface area contributed by atoms with Gasteiger partial charge in [0, 0.05) is 18.3 Å². The first-order valence-corrected chi connectivity index (χ1v) is 13.9. The van der Waals surface area contributed by atoms with Crippen molar-refractivity contribution in [1.29, 1.82) is 0 Å². The summed E-state index contributed by atoms with van der Waals surface area (Å²) in [7, 11) is 0. The van der Waals surface area contributed by atoms with Crippen molar-refractivity contribution in [2.45, 2.75) is 45.3 Å². The van der Waals surface area contributed by atoms with Crippen molar-refractivity contribution < 1.29 is 24.1 Å². The topological polar surface area (TPSA) is 132 Å². The molecule has 0 saturated carbocycles. The SMILES string of the molecule is CCOc1ccccc1O[C@@H]1CCCN(c2cncc(Nc3ccnc(-c4cccc(OC(C)(C)C(=O)O)c4)n3)n2)C1. The summed E-state index contributed by atoms with van der Waals surface area (Å²) in [5, 5.41) is 12.6. The Labute approximate surface area is 244 Å². The molecule has 11 nitrogen and oxygen atoms in total. The zero-order valence-electron chi connectivity index (χ0n) is 23.9. The van der Waals surface area contributed by atoms with Gasteiger partial charge in [0.05, 0.1) is 25.5 Å². The smallest absolute Gasteiger partial charge is 0.347 e. The van der Waals surface area contributed by atoms with E-state index in [9.17, 15) is 9.90 Å². The number of benzene rings is 2. The number of rotatable bonds is 11. The van der Waals surface area contributed by atoms with Gasteiger partial charge < -0.3 is 29.5 Å². The number of nitrogens with one attached hydrogen (secondary N) is 1. The van der Waals surface area contributed by atoms with Gasteiger partial charge in [-0.3, -0.25) is 4.98 Å². The van der Waals surface area contributed by atoms with Crippen LogP contribution < -0.4 is 24.4 Å². The van der Waals surface area contributed by atoms with E-state index in [1.807, 2.05) is 37.3 Å². The van der Waals surface area contributed by atoms with Gasteiger partial charge in [0.25, 0.3) is 0 Å². The Bertz CT molecular complexity index is 1530. The highest BCUT2D eigenvalue weighted by molar-refractivity contribution is 5.77. The van der Waals surface area contributed by atoms with Gasteiger partial charge in [-0.1, -0.05) is 24.3 Å². The van der Waals surface area contributed by atoms with Crippen LogP contribution >= 0.6 is 0 Å². The number of carbonyl (C=O) groups is 1. The molecule has 0 aliphatic carbocycles. The van der Waals surface area contributed by atoms with E-state index in [-0.39, 0.29) is 6.10 Å². The van der Waals surface area contributed by atoms with Gasteiger partial charge in [-0.05, 0) is 63.9 Å². The van der Waals surface area contributed by atoms with Gasteiger partial charge in [0.1, 0.15) is 23.5 Å². The molecular formula is C31H34N6O5. The van der Waals surface area contributed by atoms with Crippen molar-refractivity contribution in [2.24, 2.45) is 0 Å². The van der Waals surface area contributed by atoms with Crippen LogP contribution in [0, 0.1) is 0 Å². The fraction of sp³-hybridized carbons (Fsp3) is 0.323. The number of para-hydroxylation sites is 2. The lowest BCUT2D eigenvalue weighted by molar-refractivity contribution is -0.152. The third-order valence-corrected chi connectivity index (χ3v) is 6.66. The minimum atomic E-state index is -1.37. The predicted octanol–water partition coefficient (Wildman–Crippen LogP) is 5.37. The first-order chi connectivity index (χ1) is 20.3. The average molecular weight is 571 g/mol. The minimum absolute atomic E-state index is 0.0102. The van der Waals surface area contributed by atoms with Crippen LogP contribution in [0.15, 0.2) is 73.2 Å². The summed E-state index contributed by atoms with van der Waals surface area (Å²) in [5.41, 5.74) is -0.691. The number of hydrogen-bond acceptors (Lipinski definition) is 10. The van der Waals surface area contributed by atoms with Crippen LogP contribution in [-0.2, 0) is 4.79 Å². The Morgan fingerprint density at radius 3 is 2.71 bits per heavy atom. The van der Waals surface area contributed by atoms with Crippen LogP contribution in [0.4, 0.5) is 17.5 Å². The van der Waals surface area contributed by atoms with E-state index in [1.165, 1.54) is 13.8 Å². The van der Waals surface area contributed by atoms with E-state index in [4.69, 9.17) is 19.2 Å². The van der Waals surface area contributed by atoms with E-state index >= 15 is 0 Å². The summed E-state index contributed by atoms with van der Waals surface area (Å²) in [6.45, 7) is 7.05. The molecule has 4 aromatic rings. The number of carboxylic acid groups (broad SMARTS) is 1. The highest BCUT2D eigenvalue weighted by Gasteiger charge is 2.29. The van der Waals surface area contributed by atoms with Crippen molar-refractivity contribution >= 4 is 23.4 Å². The molecule has 218 valence electrons. The molecule has 2 aromatic heterocycles. The van der Waals surface area contributed by atoms with Crippen LogP contribution in [0.25, 0.3) is 11.4 Å². The molecule has 2 aromatic carbocycles. The number of hydrogen-bond donors (Lipinski definition) is 2. The van der Waals surface area contributed by atoms with E-state index < -0.39 is 11.6 Å². The lowest BCUT2D eigenvalue weighted by atomic mass is 10.1. The second-order valence-corrected chi connectivity index (χ2v) is 10.3. The summed E-state index contributed by atoms with van der Waals surface area (Å²) >= 11 is 0. The molecule has 1 atom stereocenters. The standard InChI is InChI=1S/C31H34N6O5/c1-4-40-24-12-5-6-13-25(24)41-23-11-8-16-37(20-23)28-19-32-18-27(35-28)34-26-14-15-33-29(36-26)21-9-7-10-22(17-21)42-31(2,3)30(38)39/h5-7,9-10,12-15,17-19,23H,4,8,11,16,20H2,1-3H3,(H,38,39)(H,33,34,35,36)/t23-/m1/s1. The highest BCUT2D eigenvalue weighted by Crippen LogP contribution is 2.30. The largest absolute Gasteiger partial charge is 0.490 e. The first kappa shape index (κ1) is 28.6. The zero-order valence-corrected chi connectivity index (χ0v) is 23.9. The molecule has 0 amide bonds. The predicted molar refractivity (Wildman–Crippen MR) is 159 cm³/mol. The molecule has 0 unspecified atom stereocenters. The quantitative estimate of drug-likeness (QED) is 0.241. The molecular weight excluding hydrogens is 536 g/mol. The number of aromatic nitrogens is 4. The van der Waals surface area contributed by atoms with Crippen LogP contribution in [0.2, 0.25) is 0 Å². The number of ether oxygens (including phenoxy) is 3. The van der Waals surface area contributed by atoms with E-state index in [1.54, 1.807) is 42.9 Å². The Hall–Kier alpha value is -4.93. The van der Waals surface area contributed by atoms with Gasteiger partial charge >= 0.3 is 5.97 Å². The first-order valence-electron chi connectivity index (χ1n) is 13.9. The van der Waals surface area contributed by atoms with Crippen LogP contribution in [0.1, 0.15) is 33.6 Å². The lowest BCUT2D eigenvalue weighted by Gasteiger charge is -2.33. The Morgan fingerprint density at radius 2 is 1.90 bits per heavy atom. The molecule has 11 heteroatoms. The molecule has 0 radical (unpaired) electrons. The molecule has 0 bridgehead atoms. The van der Waals surface area contributed by atoms with Gasteiger partial charge in [0.2, 0.25) is 0 Å². The van der Waals surface area contributed by atoms with Crippen LogP contribution in [0.3, 0.4) is 0 Å². The van der Waals surface area contributed by atoms with E-state index in [0.717, 1.165) is 36.7 Å². The molecule has 1 aliphatic rings. The monoisotopic (exact) mass is 570 g/mol. The van der Waals surface area contributed by atoms with Crippen molar-refractivity contribution in [3.8, 4) is 28.6 Å². The lowest BCUT2D eigenvalue weighted by Crippen LogP contribution is -2.41. The summed E-state index contributed by atoms with van der Waals surface area (Å²) in [4.78, 5) is 31.8. The second kappa shape index (κ2) is 12.7. The van der Waals surface area contributed by atoms with Crippen molar-refractivity contribution in [3.63, 3.8) is 0 Å². The van der Waals surface area contributed by atoms with Gasteiger partial charge in [0.15, 0.2) is 28.7 Å². The highest BCUT2D eigenvalue weighted by atomic mass is 16.5. The number of piperidine rings is 1.